The van der Waals surface area contributed by atoms with Crippen molar-refractivity contribution >= 4 is 23.4 Å². The van der Waals surface area contributed by atoms with Crippen molar-refractivity contribution in [1.82, 2.24) is 20.6 Å². The SMILES string of the molecule is CCNC(=O)c1cc(N)nc(-c2ccc(NC(=O)NC3CC3)cc2)n1. The van der Waals surface area contributed by atoms with E-state index in [9.17, 15) is 9.59 Å². The van der Waals surface area contributed by atoms with Gasteiger partial charge in [-0.25, -0.2) is 14.8 Å². The van der Waals surface area contributed by atoms with E-state index in [1.807, 2.05) is 6.92 Å². The zero-order valence-electron chi connectivity index (χ0n) is 13.9. The first-order valence-corrected chi connectivity index (χ1v) is 8.16. The number of urea groups is 1. The van der Waals surface area contributed by atoms with Gasteiger partial charge in [-0.05, 0) is 44.0 Å². The smallest absolute Gasteiger partial charge is 0.319 e. The molecule has 1 aliphatic rings. The number of nitrogen functional groups attached to an aromatic ring is 1. The van der Waals surface area contributed by atoms with E-state index < -0.39 is 0 Å². The average Bonchev–Trinajstić information content (AvgIpc) is 3.39. The van der Waals surface area contributed by atoms with Crippen molar-refractivity contribution in [3.05, 3.63) is 36.0 Å². The van der Waals surface area contributed by atoms with Gasteiger partial charge in [0.15, 0.2) is 5.82 Å². The molecule has 25 heavy (non-hydrogen) atoms. The molecule has 130 valence electrons. The Labute approximate surface area is 145 Å². The summed E-state index contributed by atoms with van der Waals surface area (Å²) in [5.74, 6) is 0.278. The number of nitrogens with zero attached hydrogens (tertiary/aromatic N) is 2. The summed E-state index contributed by atoms with van der Waals surface area (Å²) in [6, 6.07) is 8.56. The predicted molar refractivity (Wildman–Crippen MR) is 95.1 cm³/mol. The van der Waals surface area contributed by atoms with Gasteiger partial charge < -0.3 is 21.7 Å². The minimum absolute atomic E-state index is 0.214. The molecule has 1 aromatic carbocycles. The Kier molecular flexibility index (Phi) is 4.78. The van der Waals surface area contributed by atoms with E-state index in [1.54, 1.807) is 24.3 Å². The van der Waals surface area contributed by atoms with Crippen LogP contribution in [0.1, 0.15) is 30.3 Å². The molecule has 0 radical (unpaired) electrons. The Morgan fingerprint density at radius 3 is 2.56 bits per heavy atom. The van der Waals surface area contributed by atoms with Gasteiger partial charge in [-0.3, -0.25) is 4.79 Å². The number of hydrogen-bond acceptors (Lipinski definition) is 5. The van der Waals surface area contributed by atoms with Crippen molar-refractivity contribution in [2.45, 2.75) is 25.8 Å². The van der Waals surface area contributed by atoms with Crippen molar-refractivity contribution in [1.29, 1.82) is 0 Å². The van der Waals surface area contributed by atoms with E-state index in [0.29, 0.717) is 29.7 Å². The summed E-state index contributed by atoms with van der Waals surface area (Å²) >= 11 is 0. The number of nitrogens with two attached hydrogens (primary N) is 1. The van der Waals surface area contributed by atoms with Crippen LogP contribution in [0, 0.1) is 0 Å². The Morgan fingerprint density at radius 1 is 1.20 bits per heavy atom. The number of nitrogens with one attached hydrogen (secondary N) is 3. The molecule has 0 bridgehead atoms. The van der Waals surface area contributed by atoms with E-state index in [1.165, 1.54) is 6.07 Å². The molecular weight excluding hydrogens is 320 g/mol. The van der Waals surface area contributed by atoms with Crippen LogP contribution in [-0.4, -0.2) is 34.5 Å². The van der Waals surface area contributed by atoms with Crippen molar-refractivity contribution in [3.8, 4) is 11.4 Å². The highest BCUT2D eigenvalue weighted by Crippen LogP contribution is 2.21. The largest absolute Gasteiger partial charge is 0.384 e. The topological polar surface area (TPSA) is 122 Å². The maximum Gasteiger partial charge on any atom is 0.319 e. The van der Waals surface area contributed by atoms with E-state index in [2.05, 4.69) is 25.9 Å². The summed E-state index contributed by atoms with van der Waals surface area (Å²) < 4.78 is 0. The lowest BCUT2D eigenvalue weighted by Crippen LogP contribution is -2.30. The lowest BCUT2D eigenvalue weighted by molar-refractivity contribution is 0.0951. The summed E-state index contributed by atoms with van der Waals surface area (Å²) in [5, 5.41) is 8.30. The van der Waals surface area contributed by atoms with Gasteiger partial charge in [0.25, 0.3) is 5.91 Å². The highest BCUT2D eigenvalue weighted by Gasteiger charge is 2.23. The van der Waals surface area contributed by atoms with Gasteiger partial charge in [0.2, 0.25) is 0 Å². The second kappa shape index (κ2) is 7.16. The molecule has 3 amide bonds. The molecule has 2 aromatic rings. The van der Waals surface area contributed by atoms with Crippen LogP contribution >= 0.6 is 0 Å². The first-order chi connectivity index (χ1) is 12.0. The molecule has 3 rings (SSSR count). The zero-order valence-corrected chi connectivity index (χ0v) is 13.9. The van der Waals surface area contributed by atoms with Crippen LogP contribution in [0.3, 0.4) is 0 Å². The van der Waals surface area contributed by atoms with E-state index in [0.717, 1.165) is 12.8 Å². The maximum atomic E-state index is 11.9. The summed E-state index contributed by atoms with van der Waals surface area (Å²) in [6.45, 7) is 2.33. The molecule has 1 saturated carbocycles. The van der Waals surface area contributed by atoms with Crippen molar-refractivity contribution in [3.63, 3.8) is 0 Å². The van der Waals surface area contributed by atoms with Crippen LogP contribution < -0.4 is 21.7 Å². The van der Waals surface area contributed by atoms with Gasteiger partial charge in [0, 0.05) is 29.9 Å². The maximum absolute atomic E-state index is 11.9. The Morgan fingerprint density at radius 2 is 1.92 bits per heavy atom. The van der Waals surface area contributed by atoms with E-state index in [4.69, 9.17) is 5.73 Å². The number of amides is 3. The molecule has 1 aromatic heterocycles. The lowest BCUT2D eigenvalue weighted by Gasteiger charge is -2.08. The predicted octanol–water partition coefficient (Wildman–Crippen LogP) is 1.76. The zero-order chi connectivity index (χ0) is 17.8. The molecule has 8 heteroatoms. The number of anilines is 2. The number of hydrogen-bond donors (Lipinski definition) is 4. The molecule has 5 N–H and O–H groups in total. The highest BCUT2D eigenvalue weighted by molar-refractivity contribution is 5.93. The van der Waals surface area contributed by atoms with Gasteiger partial charge in [-0.15, -0.1) is 0 Å². The molecule has 8 nitrogen and oxygen atoms in total. The Balaban J connectivity index is 1.74. The van der Waals surface area contributed by atoms with Crippen LogP contribution in [0.15, 0.2) is 30.3 Å². The van der Waals surface area contributed by atoms with Gasteiger partial charge in [-0.2, -0.15) is 0 Å². The second-order valence-corrected chi connectivity index (χ2v) is 5.81. The quantitative estimate of drug-likeness (QED) is 0.660. The molecule has 0 aliphatic heterocycles. The average molecular weight is 340 g/mol. The number of carbonyl (C=O) groups excluding carboxylic acids is 2. The van der Waals surface area contributed by atoms with Crippen LogP contribution in [0.2, 0.25) is 0 Å². The van der Waals surface area contributed by atoms with E-state index in [-0.39, 0.29) is 23.5 Å². The van der Waals surface area contributed by atoms with Gasteiger partial charge in [0.1, 0.15) is 11.5 Å². The highest BCUT2D eigenvalue weighted by atomic mass is 16.2. The fourth-order valence-electron chi connectivity index (χ4n) is 2.25. The first-order valence-electron chi connectivity index (χ1n) is 8.16. The standard InChI is InChI=1S/C17H20N6O2/c1-2-19-16(24)13-9-14(18)23-15(22-13)10-3-5-11(6-4-10)20-17(25)21-12-7-8-12/h3-6,9,12H,2,7-8H2,1H3,(H,19,24)(H2,18,22,23)(H2,20,21,25). The van der Waals surface area contributed by atoms with Gasteiger partial charge in [0.05, 0.1) is 0 Å². The van der Waals surface area contributed by atoms with Crippen LogP contribution in [0.4, 0.5) is 16.3 Å². The number of benzene rings is 1. The summed E-state index contributed by atoms with van der Waals surface area (Å²) in [5.41, 5.74) is 7.36. The lowest BCUT2D eigenvalue weighted by atomic mass is 10.2. The van der Waals surface area contributed by atoms with Gasteiger partial charge in [-0.1, -0.05) is 0 Å². The molecule has 1 heterocycles. The Bertz CT molecular complexity index is 786. The second-order valence-electron chi connectivity index (χ2n) is 5.81. The fraction of sp³-hybridized carbons (Fsp3) is 0.294. The van der Waals surface area contributed by atoms with Crippen LogP contribution in [0.5, 0.6) is 0 Å². The normalized spacial score (nSPS) is 13.2. The third kappa shape index (κ3) is 4.43. The van der Waals surface area contributed by atoms with Crippen LogP contribution in [0.25, 0.3) is 11.4 Å². The minimum atomic E-state index is -0.298. The first kappa shape index (κ1) is 16.7. The molecule has 0 unspecified atom stereocenters. The summed E-state index contributed by atoms with van der Waals surface area (Å²) in [6.07, 6.45) is 2.07. The third-order valence-electron chi connectivity index (χ3n) is 3.63. The minimum Gasteiger partial charge on any atom is -0.384 e. The molecule has 0 spiro atoms. The molecule has 0 atom stereocenters. The van der Waals surface area contributed by atoms with Crippen molar-refractivity contribution < 1.29 is 9.59 Å². The molecular formula is C17H20N6O2. The molecule has 0 saturated heterocycles. The molecule has 1 aliphatic carbocycles. The van der Waals surface area contributed by atoms with E-state index >= 15 is 0 Å². The van der Waals surface area contributed by atoms with Crippen molar-refractivity contribution in [2.75, 3.05) is 17.6 Å². The monoisotopic (exact) mass is 340 g/mol. The number of aromatic nitrogens is 2. The number of carbonyl (C=O) groups is 2. The fourth-order valence-corrected chi connectivity index (χ4v) is 2.25. The van der Waals surface area contributed by atoms with Gasteiger partial charge >= 0.3 is 6.03 Å². The third-order valence-corrected chi connectivity index (χ3v) is 3.63. The Hall–Kier alpha value is -3.16. The summed E-state index contributed by atoms with van der Waals surface area (Å²) in [4.78, 5) is 32.1. The summed E-state index contributed by atoms with van der Waals surface area (Å²) in [7, 11) is 0. The van der Waals surface area contributed by atoms with Crippen molar-refractivity contribution in [2.24, 2.45) is 0 Å². The number of rotatable bonds is 5. The molecule has 1 fully saturated rings. The van der Waals surface area contributed by atoms with Crippen LogP contribution in [-0.2, 0) is 0 Å².